The Labute approximate surface area is 65.4 Å². The van der Waals surface area contributed by atoms with Crippen LogP contribution >= 0.6 is 0 Å². The van der Waals surface area contributed by atoms with Gasteiger partial charge >= 0.3 is 5.97 Å². The van der Waals surface area contributed by atoms with Crippen molar-refractivity contribution in [2.45, 2.75) is 25.7 Å². The molecule has 3 heteroatoms. The maximum Gasteiger partial charge on any atom is 0.303 e. The fourth-order valence-corrected chi connectivity index (χ4v) is 0.583. The van der Waals surface area contributed by atoms with Crippen LogP contribution in [0.25, 0.3) is 0 Å². The van der Waals surface area contributed by atoms with E-state index in [1.165, 1.54) is 0 Å². The Morgan fingerprint density at radius 2 is 1.91 bits per heavy atom. The minimum absolute atomic E-state index is 0.0784. The molecule has 1 N–H and O–H groups in total. The molecule has 0 amide bonds. The highest BCUT2D eigenvalue weighted by Gasteiger charge is 2.03. The summed E-state index contributed by atoms with van der Waals surface area (Å²) in [6.45, 7) is 0. The van der Waals surface area contributed by atoms with Gasteiger partial charge in [0.2, 0.25) is 0 Å². The van der Waals surface area contributed by atoms with E-state index in [-0.39, 0.29) is 18.6 Å². The predicted octanol–water partition coefficient (Wildman–Crippen LogP) is 0.834. The van der Waals surface area contributed by atoms with Gasteiger partial charge in [-0.1, -0.05) is 0 Å². The number of aliphatic carboxylic acids is 1. The van der Waals surface area contributed by atoms with E-state index in [9.17, 15) is 9.59 Å². The van der Waals surface area contributed by atoms with Crippen molar-refractivity contribution < 1.29 is 14.7 Å². The van der Waals surface area contributed by atoms with Gasteiger partial charge in [-0.25, -0.2) is 0 Å². The van der Waals surface area contributed by atoms with Crippen LogP contribution in [0.1, 0.15) is 25.7 Å². The molecule has 3 nitrogen and oxygen atoms in total. The molecule has 0 aliphatic rings. The Morgan fingerprint density at radius 3 is 2.36 bits per heavy atom. The molecule has 0 spiro atoms. The molecule has 0 fully saturated rings. The molecule has 0 heterocycles. The summed E-state index contributed by atoms with van der Waals surface area (Å²) in [5, 5.41) is 8.20. The van der Waals surface area contributed by atoms with Crippen LogP contribution in [-0.4, -0.2) is 16.9 Å². The van der Waals surface area contributed by atoms with Crippen LogP contribution in [0.2, 0.25) is 0 Å². The topological polar surface area (TPSA) is 54.4 Å². The summed E-state index contributed by atoms with van der Waals surface area (Å²) in [6.07, 6.45) is 5.61. The predicted molar refractivity (Wildman–Crippen MR) is 39.9 cm³/mol. The normalized spacial score (nSPS) is 8.64. The van der Waals surface area contributed by atoms with Crippen molar-refractivity contribution in [3.63, 3.8) is 0 Å². The molecule has 0 unspecified atom stereocenters. The zero-order valence-corrected chi connectivity index (χ0v) is 6.17. The highest BCUT2D eigenvalue weighted by molar-refractivity contribution is 5.82. The third-order valence-corrected chi connectivity index (χ3v) is 1.17. The van der Waals surface area contributed by atoms with E-state index in [1.54, 1.807) is 0 Å². The zero-order valence-electron chi connectivity index (χ0n) is 6.17. The number of hydrogen-bond donors (Lipinski definition) is 1. The molecule has 60 valence electrons. The third-order valence-electron chi connectivity index (χ3n) is 1.17. The minimum Gasteiger partial charge on any atom is -0.481 e. The summed E-state index contributed by atoms with van der Waals surface area (Å²) in [5.74, 6) is 1.29. The fourth-order valence-electron chi connectivity index (χ4n) is 0.583. The van der Waals surface area contributed by atoms with Gasteiger partial charge < -0.3 is 5.11 Å². The number of terminal acetylenes is 1. The standard InChI is InChI=1S/C8H10O3/c1-2-3-4-7(9)5-6-8(10)11/h1H,3-6H2,(H,10,11). The van der Waals surface area contributed by atoms with E-state index in [0.717, 1.165) is 0 Å². The monoisotopic (exact) mass is 154 g/mol. The van der Waals surface area contributed by atoms with Gasteiger partial charge in [-0.05, 0) is 0 Å². The molecule has 0 atom stereocenters. The van der Waals surface area contributed by atoms with E-state index < -0.39 is 5.97 Å². The first-order valence-corrected chi connectivity index (χ1v) is 3.33. The quantitative estimate of drug-likeness (QED) is 0.597. The Balaban J connectivity index is 3.39. The Hall–Kier alpha value is -1.30. The van der Waals surface area contributed by atoms with Crippen LogP contribution in [0.4, 0.5) is 0 Å². The lowest BCUT2D eigenvalue weighted by Crippen LogP contribution is -2.02. The van der Waals surface area contributed by atoms with Gasteiger partial charge in [0.05, 0.1) is 6.42 Å². The summed E-state index contributed by atoms with van der Waals surface area (Å²) in [6, 6.07) is 0. The average molecular weight is 154 g/mol. The number of carboxylic acid groups (broad SMARTS) is 1. The lowest BCUT2D eigenvalue weighted by atomic mass is 10.1. The van der Waals surface area contributed by atoms with E-state index >= 15 is 0 Å². The molecule has 0 bridgehead atoms. The fraction of sp³-hybridized carbons (Fsp3) is 0.500. The third kappa shape index (κ3) is 6.59. The Kier molecular flexibility index (Phi) is 4.83. The number of ketones is 1. The maximum atomic E-state index is 10.7. The molecule has 0 radical (unpaired) electrons. The largest absolute Gasteiger partial charge is 0.481 e. The van der Waals surface area contributed by atoms with E-state index in [4.69, 9.17) is 11.5 Å². The second-order valence-corrected chi connectivity index (χ2v) is 2.14. The Bertz CT molecular complexity index is 188. The van der Waals surface area contributed by atoms with Crippen molar-refractivity contribution in [3.8, 4) is 12.3 Å². The van der Waals surface area contributed by atoms with Gasteiger partial charge in [0.25, 0.3) is 0 Å². The van der Waals surface area contributed by atoms with Crippen LogP contribution in [0, 0.1) is 12.3 Å². The van der Waals surface area contributed by atoms with Gasteiger partial charge in [-0.3, -0.25) is 9.59 Å². The van der Waals surface area contributed by atoms with Gasteiger partial charge in [0.1, 0.15) is 5.78 Å². The van der Waals surface area contributed by atoms with Gasteiger partial charge in [0.15, 0.2) is 0 Å². The van der Waals surface area contributed by atoms with Crippen molar-refractivity contribution in [1.29, 1.82) is 0 Å². The first-order valence-electron chi connectivity index (χ1n) is 3.33. The summed E-state index contributed by atoms with van der Waals surface area (Å²) in [7, 11) is 0. The second kappa shape index (κ2) is 5.48. The van der Waals surface area contributed by atoms with Crippen molar-refractivity contribution in [3.05, 3.63) is 0 Å². The molecule has 0 aromatic carbocycles. The number of carboxylic acids is 1. The van der Waals surface area contributed by atoms with Crippen molar-refractivity contribution in [2.24, 2.45) is 0 Å². The number of carbonyl (C=O) groups is 2. The van der Waals surface area contributed by atoms with Crippen LogP contribution in [0.15, 0.2) is 0 Å². The lowest BCUT2D eigenvalue weighted by Gasteiger charge is -1.93. The number of hydrogen-bond acceptors (Lipinski definition) is 2. The molecular formula is C8H10O3. The van der Waals surface area contributed by atoms with Crippen molar-refractivity contribution in [1.82, 2.24) is 0 Å². The number of carbonyl (C=O) groups excluding carboxylic acids is 1. The smallest absolute Gasteiger partial charge is 0.303 e. The molecule has 0 saturated heterocycles. The van der Waals surface area contributed by atoms with Gasteiger partial charge in [-0.2, -0.15) is 0 Å². The molecule has 0 aromatic heterocycles. The van der Waals surface area contributed by atoms with E-state index in [2.05, 4.69) is 5.92 Å². The highest BCUT2D eigenvalue weighted by atomic mass is 16.4. The molecule has 0 rings (SSSR count). The summed E-state index contributed by atoms with van der Waals surface area (Å²) >= 11 is 0. The SMILES string of the molecule is C#CCCC(=O)CCC(=O)O. The van der Waals surface area contributed by atoms with Crippen LogP contribution in [0.3, 0.4) is 0 Å². The highest BCUT2D eigenvalue weighted by Crippen LogP contribution is 1.97. The van der Waals surface area contributed by atoms with Crippen LogP contribution in [0.5, 0.6) is 0 Å². The van der Waals surface area contributed by atoms with Crippen LogP contribution in [-0.2, 0) is 9.59 Å². The van der Waals surface area contributed by atoms with Gasteiger partial charge in [-0.15, -0.1) is 12.3 Å². The lowest BCUT2D eigenvalue weighted by molar-refractivity contribution is -0.138. The average Bonchev–Trinajstić information content (AvgIpc) is 1.97. The number of rotatable bonds is 5. The van der Waals surface area contributed by atoms with Crippen molar-refractivity contribution >= 4 is 11.8 Å². The molecular weight excluding hydrogens is 144 g/mol. The summed E-state index contributed by atoms with van der Waals surface area (Å²) < 4.78 is 0. The first-order chi connectivity index (χ1) is 5.16. The zero-order chi connectivity index (χ0) is 8.69. The van der Waals surface area contributed by atoms with Crippen LogP contribution < -0.4 is 0 Å². The van der Waals surface area contributed by atoms with Gasteiger partial charge in [0, 0.05) is 19.3 Å². The molecule has 0 aliphatic heterocycles. The summed E-state index contributed by atoms with van der Waals surface area (Å²) in [4.78, 5) is 20.7. The van der Waals surface area contributed by atoms with Crippen molar-refractivity contribution in [2.75, 3.05) is 0 Å². The number of Topliss-reactive ketones (excluding diaryl/α,β-unsaturated/α-hetero) is 1. The summed E-state index contributed by atoms with van der Waals surface area (Å²) in [5.41, 5.74) is 0. The Morgan fingerprint density at radius 1 is 1.27 bits per heavy atom. The molecule has 11 heavy (non-hydrogen) atoms. The molecule has 0 aromatic rings. The van der Waals surface area contributed by atoms with E-state index in [1.807, 2.05) is 0 Å². The molecule has 0 aliphatic carbocycles. The van der Waals surface area contributed by atoms with E-state index in [0.29, 0.717) is 12.8 Å². The minimum atomic E-state index is -0.945. The maximum absolute atomic E-state index is 10.7. The molecule has 0 saturated carbocycles. The first kappa shape index (κ1) is 9.70. The second-order valence-electron chi connectivity index (χ2n) is 2.14.